The van der Waals surface area contributed by atoms with E-state index in [0.717, 1.165) is 15.9 Å². The minimum atomic E-state index is -0.142. The summed E-state index contributed by atoms with van der Waals surface area (Å²) < 4.78 is 8.50. The number of ketones is 1. The second-order valence-electron chi connectivity index (χ2n) is 5.31. The van der Waals surface area contributed by atoms with E-state index in [0.29, 0.717) is 23.4 Å². The lowest BCUT2D eigenvalue weighted by Crippen LogP contribution is -2.13. The summed E-state index contributed by atoms with van der Waals surface area (Å²) >= 11 is 3.34. The Morgan fingerprint density at radius 3 is 2.78 bits per heavy atom. The lowest BCUT2D eigenvalue weighted by Gasteiger charge is -2.10. The van der Waals surface area contributed by atoms with Crippen molar-refractivity contribution in [3.05, 3.63) is 63.9 Å². The summed E-state index contributed by atoms with van der Waals surface area (Å²) in [5.74, 6) is 0.434. The van der Waals surface area contributed by atoms with Crippen molar-refractivity contribution in [1.29, 1.82) is 0 Å². The highest BCUT2D eigenvalue weighted by Gasteiger charge is 2.16. The summed E-state index contributed by atoms with van der Waals surface area (Å²) in [6.07, 6.45) is 1.81. The molecule has 0 spiro atoms. The van der Waals surface area contributed by atoms with E-state index in [1.54, 1.807) is 18.2 Å². The van der Waals surface area contributed by atoms with Crippen LogP contribution in [0.2, 0.25) is 0 Å². The predicted molar refractivity (Wildman–Crippen MR) is 94.0 cm³/mol. The summed E-state index contributed by atoms with van der Waals surface area (Å²) in [6.45, 7) is 8.09. The number of aryl methyl sites for hydroxylation is 1. The minimum absolute atomic E-state index is 0.0625. The normalized spacial score (nSPS) is 10.6. The van der Waals surface area contributed by atoms with Crippen molar-refractivity contribution in [3.63, 3.8) is 0 Å². The molecule has 0 bridgehead atoms. The molecule has 0 atom stereocenters. The van der Waals surface area contributed by atoms with Crippen LogP contribution in [-0.4, -0.2) is 22.1 Å². The van der Waals surface area contributed by atoms with Crippen molar-refractivity contribution in [3.8, 4) is 5.75 Å². The number of aliphatic hydroxyl groups is 1. The maximum Gasteiger partial charge on any atom is 0.202 e. The Morgan fingerprint density at radius 1 is 1.39 bits per heavy atom. The third-order valence-electron chi connectivity index (χ3n) is 3.74. The van der Waals surface area contributed by atoms with Gasteiger partial charge in [-0.15, -0.1) is 6.58 Å². The second-order valence-corrected chi connectivity index (χ2v) is 6.22. The smallest absolute Gasteiger partial charge is 0.202 e. The number of carbonyl (C=O) groups excluding carboxylic acids is 1. The largest absolute Gasteiger partial charge is 0.485 e. The van der Waals surface area contributed by atoms with Crippen LogP contribution >= 0.6 is 15.9 Å². The number of nitrogens with zero attached hydrogens (tertiary/aromatic N) is 1. The van der Waals surface area contributed by atoms with Gasteiger partial charge in [0.1, 0.15) is 5.75 Å². The number of carbonyl (C=O) groups is 1. The number of rotatable bonds is 7. The molecule has 0 fully saturated rings. The van der Waals surface area contributed by atoms with Gasteiger partial charge < -0.3 is 14.4 Å². The first-order valence-corrected chi connectivity index (χ1v) is 8.10. The van der Waals surface area contributed by atoms with Crippen molar-refractivity contribution in [2.45, 2.75) is 27.0 Å². The van der Waals surface area contributed by atoms with Crippen LogP contribution in [0.5, 0.6) is 5.75 Å². The van der Waals surface area contributed by atoms with Crippen molar-refractivity contribution in [2.75, 3.05) is 6.61 Å². The van der Waals surface area contributed by atoms with Gasteiger partial charge in [-0.1, -0.05) is 22.0 Å². The highest BCUT2D eigenvalue weighted by Crippen LogP contribution is 2.24. The molecule has 1 aromatic heterocycles. The van der Waals surface area contributed by atoms with E-state index in [2.05, 4.69) is 22.5 Å². The third-order valence-corrected chi connectivity index (χ3v) is 4.23. The van der Waals surface area contributed by atoms with Crippen LogP contribution in [-0.2, 0) is 13.2 Å². The minimum Gasteiger partial charge on any atom is -0.485 e. The van der Waals surface area contributed by atoms with Gasteiger partial charge >= 0.3 is 0 Å². The molecule has 0 aliphatic heterocycles. The van der Waals surface area contributed by atoms with E-state index in [9.17, 15) is 9.90 Å². The van der Waals surface area contributed by atoms with E-state index in [4.69, 9.17) is 4.74 Å². The van der Waals surface area contributed by atoms with Crippen molar-refractivity contribution < 1.29 is 14.6 Å². The molecule has 23 heavy (non-hydrogen) atoms. The highest BCUT2D eigenvalue weighted by molar-refractivity contribution is 9.10. The molecule has 0 saturated heterocycles. The van der Waals surface area contributed by atoms with Gasteiger partial charge in [-0.25, -0.2) is 0 Å². The standard InChI is InChI=1S/C18H20BrNO3/c1-4-7-20-12(2)8-16(13(20)3)17(22)11-23-18-6-5-15(19)9-14(18)10-21/h4-6,8-9,21H,1,7,10-11H2,2-3H3. The highest BCUT2D eigenvalue weighted by atomic mass is 79.9. The fourth-order valence-corrected chi connectivity index (χ4v) is 2.94. The number of aliphatic hydroxyl groups excluding tert-OH is 1. The molecule has 0 saturated carbocycles. The first kappa shape index (κ1) is 17.5. The Labute approximate surface area is 144 Å². The number of benzene rings is 1. The zero-order valence-corrected chi connectivity index (χ0v) is 14.9. The SMILES string of the molecule is C=CCn1c(C)cc(C(=O)COc2ccc(Br)cc2CO)c1C. The summed E-state index contributed by atoms with van der Waals surface area (Å²) in [4.78, 5) is 12.4. The number of Topliss-reactive ketones (excluding diaryl/α,β-unsaturated/α-hetero) is 1. The lowest BCUT2D eigenvalue weighted by atomic mass is 10.1. The van der Waals surface area contributed by atoms with Gasteiger partial charge in [-0.05, 0) is 38.1 Å². The molecule has 2 rings (SSSR count). The molecule has 0 aliphatic carbocycles. The number of hydrogen-bond donors (Lipinski definition) is 1. The van der Waals surface area contributed by atoms with E-state index < -0.39 is 0 Å². The van der Waals surface area contributed by atoms with Gasteiger partial charge in [0.15, 0.2) is 6.61 Å². The van der Waals surface area contributed by atoms with E-state index in [1.165, 1.54) is 0 Å². The van der Waals surface area contributed by atoms with Gasteiger partial charge in [0.05, 0.1) is 6.61 Å². The Hall–Kier alpha value is -1.85. The van der Waals surface area contributed by atoms with Gasteiger partial charge in [0, 0.05) is 33.5 Å². The Kier molecular flexibility index (Phi) is 5.80. The first-order valence-electron chi connectivity index (χ1n) is 7.30. The van der Waals surface area contributed by atoms with E-state index in [-0.39, 0.29) is 19.0 Å². The van der Waals surface area contributed by atoms with Crippen LogP contribution in [0.1, 0.15) is 27.3 Å². The number of ether oxygens (including phenoxy) is 1. The summed E-state index contributed by atoms with van der Waals surface area (Å²) in [5, 5.41) is 9.37. The van der Waals surface area contributed by atoms with E-state index >= 15 is 0 Å². The molecule has 0 unspecified atom stereocenters. The zero-order chi connectivity index (χ0) is 17.0. The Balaban J connectivity index is 2.14. The molecule has 1 N–H and O–H groups in total. The van der Waals surface area contributed by atoms with Gasteiger partial charge in [0.2, 0.25) is 5.78 Å². The predicted octanol–water partition coefficient (Wildman–Crippen LogP) is 3.81. The van der Waals surface area contributed by atoms with Crippen LogP contribution in [0, 0.1) is 13.8 Å². The molecule has 5 heteroatoms. The molecule has 2 aromatic rings. The molecule has 0 radical (unpaired) electrons. The van der Waals surface area contributed by atoms with Gasteiger partial charge in [0.25, 0.3) is 0 Å². The maximum absolute atomic E-state index is 12.4. The molecule has 1 aromatic carbocycles. The summed E-state index contributed by atoms with van der Waals surface area (Å²) in [7, 11) is 0. The summed E-state index contributed by atoms with van der Waals surface area (Å²) in [5.41, 5.74) is 3.23. The average molecular weight is 378 g/mol. The first-order chi connectivity index (χ1) is 11.0. The van der Waals surface area contributed by atoms with Crippen molar-refractivity contribution >= 4 is 21.7 Å². The maximum atomic E-state index is 12.4. The van der Waals surface area contributed by atoms with Crippen LogP contribution < -0.4 is 4.74 Å². The number of allylic oxidation sites excluding steroid dienone is 1. The Morgan fingerprint density at radius 2 is 2.13 bits per heavy atom. The average Bonchev–Trinajstić information content (AvgIpc) is 2.82. The molecule has 0 aliphatic rings. The van der Waals surface area contributed by atoms with Gasteiger partial charge in [-0.3, -0.25) is 4.79 Å². The quantitative estimate of drug-likeness (QED) is 0.589. The second kappa shape index (κ2) is 7.62. The van der Waals surface area contributed by atoms with Gasteiger partial charge in [-0.2, -0.15) is 0 Å². The fraction of sp³-hybridized carbons (Fsp3) is 0.278. The molecule has 0 amide bonds. The molecule has 122 valence electrons. The summed E-state index contributed by atoms with van der Waals surface area (Å²) in [6, 6.07) is 7.20. The van der Waals surface area contributed by atoms with Crippen LogP contribution in [0.15, 0.2) is 41.4 Å². The third kappa shape index (κ3) is 3.92. The van der Waals surface area contributed by atoms with Crippen molar-refractivity contribution in [1.82, 2.24) is 4.57 Å². The molecule has 4 nitrogen and oxygen atoms in total. The van der Waals surface area contributed by atoms with Crippen LogP contribution in [0.4, 0.5) is 0 Å². The molecular formula is C18H20BrNO3. The van der Waals surface area contributed by atoms with Crippen LogP contribution in [0.25, 0.3) is 0 Å². The number of hydrogen-bond acceptors (Lipinski definition) is 3. The van der Waals surface area contributed by atoms with Crippen LogP contribution in [0.3, 0.4) is 0 Å². The molecule has 1 heterocycles. The number of halogens is 1. The van der Waals surface area contributed by atoms with E-state index in [1.807, 2.05) is 30.5 Å². The van der Waals surface area contributed by atoms with Crippen molar-refractivity contribution in [2.24, 2.45) is 0 Å². The molecular weight excluding hydrogens is 358 g/mol. The monoisotopic (exact) mass is 377 g/mol. The Bertz CT molecular complexity index is 734. The topological polar surface area (TPSA) is 51.5 Å². The lowest BCUT2D eigenvalue weighted by molar-refractivity contribution is 0.0918. The number of aromatic nitrogens is 1. The fourth-order valence-electron chi connectivity index (χ4n) is 2.53. The zero-order valence-electron chi connectivity index (χ0n) is 13.3.